The standard InChI is InChI=1S/C12H25N3O2/c1-6-15(7-2)12(17)10(5)13-8-11(16)14-9(3)4/h9-10,13H,6-8H2,1-5H3,(H,14,16). The maximum absolute atomic E-state index is 11.9. The fourth-order valence-electron chi connectivity index (χ4n) is 1.52. The van der Waals surface area contributed by atoms with E-state index in [4.69, 9.17) is 0 Å². The molecule has 100 valence electrons. The van der Waals surface area contributed by atoms with Gasteiger partial charge in [0, 0.05) is 19.1 Å². The van der Waals surface area contributed by atoms with Crippen LogP contribution in [0.25, 0.3) is 0 Å². The lowest BCUT2D eigenvalue weighted by molar-refractivity contribution is -0.132. The van der Waals surface area contributed by atoms with Crippen molar-refractivity contribution in [2.75, 3.05) is 19.6 Å². The van der Waals surface area contributed by atoms with Gasteiger partial charge >= 0.3 is 0 Å². The summed E-state index contributed by atoms with van der Waals surface area (Å²) in [4.78, 5) is 25.0. The van der Waals surface area contributed by atoms with E-state index in [2.05, 4.69) is 10.6 Å². The van der Waals surface area contributed by atoms with Crippen molar-refractivity contribution in [2.45, 2.75) is 46.7 Å². The van der Waals surface area contributed by atoms with E-state index in [1.54, 1.807) is 11.8 Å². The van der Waals surface area contributed by atoms with Crippen LogP contribution in [0.3, 0.4) is 0 Å². The molecule has 17 heavy (non-hydrogen) atoms. The molecule has 0 aromatic carbocycles. The lowest BCUT2D eigenvalue weighted by Gasteiger charge is -2.23. The number of carbonyl (C=O) groups excluding carboxylic acids is 2. The van der Waals surface area contributed by atoms with E-state index in [0.29, 0.717) is 13.1 Å². The van der Waals surface area contributed by atoms with Crippen molar-refractivity contribution in [2.24, 2.45) is 0 Å². The lowest BCUT2D eigenvalue weighted by Crippen LogP contribution is -2.48. The molecule has 0 aliphatic heterocycles. The highest BCUT2D eigenvalue weighted by Gasteiger charge is 2.18. The molecule has 0 rings (SSSR count). The van der Waals surface area contributed by atoms with Crippen LogP contribution in [0.2, 0.25) is 0 Å². The SMILES string of the molecule is CCN(CC)C(=O)C(C)NCC(=O)NC(C)C. The molecule has 0 aliphatic rings. The van der Waals surface area contributed by atoms with Crippen LogP contribution in [0.15, 0.2) is 0 Å². The molecule has 0 fully saturated rings. The van der Waals surface area contributed by atoms with Gasteiger partial charge in [-0.2, -0.15) is 0 Å². The first-order valence-electron chi connectivity index (χ1n) is 6.23. The Hall–Kier alpha value is -1.10. The molecule has 2 N–H and O–H groups in total. The van der Waals surface area contributed by atoms with Gasteiger partial charge in [-0.1, -0.05) is 0 Å². The molecule has 5 nitrogen and oxygen atoms in total. The van der Waals surface area contributed by atoms with Crippen molar-refractivity contribution in [3.05, 3.63) is 0 Å². The Labute approximate surface area is 104 Å². The third-order valence-electron chi connectivity index (χ3n) is 2.46. The molecule has 1 unspecified atom stereocenters. The van der Waals surface area contributed by atoms with Gasteiger partial charge in [0.1, 0.15) is 0 Å². The predicted octanol–water partition coefficient (Wildman–Crippen LogP) is 0.358. The van der Waals surface area contributed by atoms with Crippen LogP contribution in [-0.4, -0.2) is 48.4 Å². The summed E-state index contributed by atoms with van der Waals surface area (Å²) in [6.45, 7) is 11.0. The summed E-state index contributed by atoms with van der Waals surface area (Å²) in [7, 11) is 0. The van der Waals surface area contributed by atoms with E-state index in [0.717, 1.165) is 0 Å². The van der Waals surface area contributed by atoms with Crippen LogP contribution in [-0.2, 0) is 9.59 Å². The van der Waals surface area contributed by atoms with Gasteiger partial charge in [-0.25, -0.2) is 0 Å². The first kappa shape index (κ1) is 15.9. The molecule has 0 aliphatic carbocycles. The quantitative estimate of drug-likeness (QED) is 0.678. The predicted molar refractivity (Wildman–Crippen MR) is 68.7 cm³/mol. The van der Waals surface area contributed by atoms with E-state index in [1.165, 1.54) is 0 Å². The number of likely N-dealkylation sites (N-methyl/N-ethyl adjacent to an activating group) is 1. The van der Waals surface area contributed by atoms with E-state index in [9.17, 15) is 9.59 Å². The summed E-state index contributed by atoms with van der Waals surface area (Å²) in [5, 5.41) is 5.70. The number of nitrogens with one attached hydrogen (secondary N) is 2. The Bertz CT molecular complexity index is 250. The Kier molecular flexibility index (Phi) is 7.54. The summed E-state index contributed by atoms with van der Waals surface area (Å²) in [5.74, 6) is -0.0495. The Morgan fingerprint density at radius 1 is 1.12 bits per heavy atom. The Morgan fingerprint density at radius 2 is 1.65 bits per heavy atom. The molecule has 5 heteroatoms. The van der Waals surface area contributed by atoms with Gasteiger partial charge in [0.05, 0.1) is 12.6 Å². The van der Waals surface area contributed by atoms with E-state index >= 15 is 0 Å². The molecule has 0 saturated heterocycles. The zero-order chi connectivity index (χ0) is 13.4. The molecule has 0 aromatic heterocycles. The van der Waals surface area contributed by atoms with Crippen molar-refractivity contribution in [1.29, 1.82) is 0 Å². The van der Waals surface area contributed by atoms with Gasteiger partial charge in [-0.05, 0) is 34.6 Å². The number of amides is 2. The van der Waals surface area contributed by atoms with Gasteiger partial charge in [-0.15, -0.1) is 0 Å². The first-order chi connectivity index (χ1) is 7.92. The second kappa shape index (κ2) is 8.06. The fourth-order valence-corrected chi connectivity index (χ4v) is 1.52. The third-order valence-corrected chi connectivity index (χ3v) is 2.46. The normalized spacial score (nSPS) is 12.4. The highest BCUT2D eigenvalue weighted by Crippen LogP contribution is 1.94. The minimum atomic E-state index is -0.326. The summed E-state index contributed by atoms with van der Waals surface area (Å²) in [5.41, 5.74) is 0. The van der Waals surface area contributed by atoms with Crippen LogP contribution in [0.5, 0.6) is 0 Å². The second-order valence-corrected chi connectivity index (χ2v) is 4.34. The average molecular weight is 243 g/mol. The van der Waals surface area contributed by atoms with Crippen molar-refractivity contribution in [1.82, 2.24) is 15.5 Å². The highest BCUT2D eigenvalue weighted by atomic mass is 16.2. The van der Waals surface area contributed by atoms with Crippen molar-refractivity contribution in [3.63, 3.8) is 0 Å². The molecule has 0 spiro atoms. The van der Waals surface area contributed by atoms with Gasteiger partial charge in [0.25, 0.3) is 0 Å². The average Bonchev–Trinajstić information content (AvgIpc) is 2.26. The molecule has 0 radical (unpaired) electrons. The number of hydrogen-bond acceptors (Lipinski definition) is 3. The summed E-state index contributed by atoms with van der Waals surface area (Å²) in [6, 6.07) is -0.203. The van der Waals surface area contributed by atoms with Crippen molar-refractivity contribution in [3.8, 4) is 0 Å². The number of carbonyl (C=O) groups is 2. The molecule has 0 bridgehead atoms. The molecule has 1 atom stereocenters. The van der Waals surface area contributed by atoms with E-state index in [-0.39, 0.29) is 30.4 Å². The van der Waals surface area contributed by atoms with Crippen LogP contribution < -0.4 is 10.6 Å². The van der Waals surface area contributed by atoms with Gasteiger partial charge in [0.15, 0.2) is 0 Å². The molecular weight excluding hydrogens is 218 g/mol. The molecule has 0 aromatic rings. The van der Waals surface area contributed by atoms with E-state index in [1.807, 2.05) is 27.7 Å². The van der Waals surface area contributed by atoms with Crippen LogP contribution >= 0.6 is 0 Å². The number of hydrogen-bond donors (Lipinski definition) is 2. The van der Waals surface area contributed by atoms with Gasteiger partial charge in [0.2, 0.25) is 11.8 Å². The third kappa shape index (κ3) is 6.26. The topological polar surface area (TPSA) is 61.4 Å². The molecular formula is C12H25N3O2. The number of nitrogens with zero attached hydrogens (tertiary/aromatic N) is 1. The van der Waals surface area contributed by atoms with Crippen molar-refractivity contribution < 1.29 is 9.59 Å². The summed E-state index contributed by atoms with van der Waals surface area (Å²) >= 11 is 0. The molecule has 2 amide bonds. The zero-order valence-electron chi connectivity index (χ0n) is 11.5. The molecule has 0 saturated carbocycles. The lowest BCUT2D eigenvalue weighted by atomic mass is 10.2. The first-order valence-corrected chi connectivity index (χ1v) is 6.23. The largest absolute Gasteiger partial charge is 0.353 e. The highest BCUT2D eigenvalue weighted by molar-refractivity contribution is 5.83. The minimum absolute atomic E-state index is 0.0346. The maximum atomic E-state index is 11.9. The van der Waals surface area contributed by atoms with Crippen LogP contribution in [0.4, 0.5) is 0 Å². The van der Waals surface area contributed by atoms with Crippen molar-refractivity contribution >= 4 is 11.8 Å². The fraction of sp³-hybridized carbons (Fsp3) is 0.833. The van der Waals surface area contributed by atoms with Crippen LogP contribution in [0, 0.1) is 0 Å². The Morgan fingerprint density at radius 3 is 2.06 bits per heavy atom. The van der Waals surface area contributed by atoms with Gasteiger partial charge < -0.3 is 10.2 Å². The van der Waals surface area contributed by atoms with E-state index < -0.39 is 0 Å². The summed E-state index contributed by atoms with van der Waals surface area (Å²) in [6.07, 6.45) is 0. The second-order valence-electron chi connectivity index (χ2n) is 4.34. The summed E-state index contributed by atoms with van der Waals surface area (Å²) < 4.78 is 0. The maximum Gasteiger partial charge on any atom is 0.239 e. The van der Waals surface area contributed by atoms with Gasteiger partial charge in [-0.3, -0.25) is 14.9 Å². The smallest absolute Gasteiger partial charge is 0.239 e. The molecule has 0 heterocycles. The number of rotatable bonds is 7. The minimum Gasteiger partial charge on any atom is -0.353 e. The Balaban J connectivity index is 4.04. The van der Waals surface area contributed by atoms with Crippen LogP contribution in [0.1, 0.15) is 34.6 Å². The zero-order valence-corrected chi connectivity index (χ0v) is 11.5. The monoisotopic (exact) mass is 243 g/mol.